The van der Waals surface area contributed by atoms with Crippen molar-refractivity contribution in [3.8, 4) is 11.5 Å². The van der Waals surface area contributed by atoms with Crippen molar-refractivity contribution in [1.82, 2.24) is 5.32 Å². The molecule has 126 valence electrons. The van der Waals surface area contributed by atoms with E-state index in [2.05, 4.69) is 10.6 Å². The first-order valence-corrected chi connectivity index (χ1v) is 8.53. The van der Waals surface area contributed by atoms with Crippen molar-refractivity contribution >= 4 is 11.6 Å². The Bertz CT molecular complexity index is 704. The largest absolute Gasteiger partial charge is 0.457 e. The van der Waals surface area contributed by atoms with E-state index in [9.17, 15) is 4.79 Å². The van der Waals surface area contributed by atoms with E-state index in [4.69, 9.17) is 4.74 Å². The summed E-state index contributed by atoms with van der Waals surface area (Å²) >= 11 is 0. The standard InChI is InChI=1S/C20H24N2O2/c1-14-7-10-18(13-19(14)20(23)21-2)24-17-11-8-16(9-12-17)22-15-5-3-4-6-15/h7-13,15,22H,3-6H2,1-2H3,(H,21,23). The molecule has 2 aromatic rings. The fourth-order valence-electron chi connectivity index (χ4n) is 3.11. The van der Waals surface area contributed by atoms with Crippen molar-refractivity contribution in [2.45, 2.75) is 38.6 Å². The second kappa shape index (κ2) is 7.39. The Kier molecular flexibility index (Phi) is 5.04. The predicted octanol–water partition coefficient (Wildman–Crippen LogP) is 4.50. The predicted molar refractivity (Wildman–Crippen MR) is 97.0 cm³/mol. The summed E-state index contributed by atoms with van der Waals surface area (Å²) in [7, 11) is 1.63. The van der Waals surface area contributed by atoms with Crippen LogP contribution in [0.25, 0.3) is 0 Å². The molecule has 4 heteroatoms. The molecule has 1 aliphatic carbocycles. The first-order chi connectivity index (χ1) is 11.7. The van der Waals surface area contributed by atoms with Gasteiger partial charge in [-0.1, -0.05) is 18.9 Å². The zero-order valence-electron chi connectivity index (χ0n) is 14.3. The number of benzene rings is 2. The van der Waals surface area contributed by atoms with Gasteiger partial charge < -0.3 is 15.4 Å². The van der Waals surface area contributed by atoms with E-state index in [1.165, 1.54) is 25.7 Å². The molecule has 1 amide bonds. The van der Waals surface area contributed by atoms with Crippen molar-refractivity contribution in [2.24, 2.45) is 0 Å². The van der Waals surface area contributed by atoms with Gasteiger partial charge in [0, 0.05) is 24.3 Å². The molecule has 3 rings (SSSR count). The molecule has 0 unspecified atom stereocenters. The van der Waals surface area contributed by atoms with Crippen LogP contribution in [0.1, 0.15) is 41.6 Å². The molecule has 2 aromatic carbocycles. The van der Waals surface area contributed by atoms with Crippen LogP contribution in [0.5, 0.6) is 11.5 Å². The summed E-state index contributed by atoms with van der Waals surface area (Å²) in [4.78, 5) is 11.9. The Labute approximate surface area is 143 Å². The third kappa shape index (κ3) is 3.88. The molecule has 2 N–H and O–H groups in total. The molecule has 1 fully saturated rings. The van der Waals surface area contributed by atoms with E-state index in [-0.39, 0.29) is 5.91 Å². The van der Waals surface area contributed by atoms with Gasteiger partial charge >= 0.3 is 0 Å². The summed E-state index contributed by atoms with van der Waals surface area (Å²) in [6, 6.07) is 14.2. The second-order valence-electron chi connectivity index (χ2n) is 6.31. The summed E-state index contributed by atoms with van der Waals surface area (Å²) in [6.45, 7) is 1.91. The average Bonchev–Trinajstić information content (AvgIpc) is 3.10. The summed E-state index contributed by atoms with van der Waals surface area (Å²) in [5.74, 6) is 1.32. The summed E-state index contributed by atoms with van der Waals surface area (Å²) in [5.41, 5.74) is 2.69. The Morgan fingerprint density at radius 2 is 1.71 bits per heavy atom. The molecule has 0 spiro atoms. The highest BCUT2D eigenvalue weighted by Gasteiger charge is 2.14. The zero-order chi connectivity index (χ0) is 16.9. The van der Waals surface area contributed by atoms with E-state index in [1.54, 1.807) is 13.1 Å². The van der Waals surface area contributed by atoms with E-state index in [1.807, 2.05) is 43.3 Å². The Morgan fingerprint density at radius 3 is 2.38 bits per heavy atom. The number of hydrogen-bond donors (Lipinski definition) is 2. The molecule has 1 saturated carbocycles. The van der Waals surface area contributed by atoms with Gasteiger partial charge in [-0.25, -0.2) is 0 Å². The van der Waals surface area contributed by atoms with E-state index in [0.717, 1.165) is 17.0 Å². The van der Waals surface area contributed by atoms with Gasteiger partial charge in [0.15, 0.2) is 0 Å². The maximum Gasteiger partial charge on any atom is 0.251 e. The molecule has 0 aromatic heterocycles. The number of hydrogen-bond acceptors (Lipinski definition) is 3. The fraction of sp³-hybridized carbons (Fsp3) is 0.350. The van der Waals surface area contributed by atoms with Crippen molar-refractivity contribution in [2.75, 3.05) is 12.4 Å². The van der Waals surface area contributed by atoms with Crippen LogP contribution in [-0.4, -0.2) is 19.0 Å². The number of carbonyl (C=O) groups excluding carboxylic acids is 1. The van der Waals surface area contributed by atoms with Gasteiger partial charge in [-0.15, -0.1) is 0 Å². The van der Waals surface area contributed by atoms with Gasteiger partial charge in [-0.3, -0.25) is 4.79 Å². The van der Waals surface area contributed by atoms with Crippen molar-refractivity contribution in [1.29, 1.82) is 0 Å². The topological polar surface area (TPSA) is 50.4 Å². The third-order valence-electron chi connectivity index (χ3n) is 4.50. The minimum Gasteiger partial charge on any atom is -0.457 e. The quantitative estimate of drug-likeness (QED) is 0.851. The zero-order valence-corrected chi connectivity index (χ0v) is 14.3. The molecule has 0 bridgehead atoms. The molecule has 0 atom stereocenters. The molecule has 0 radical (unpaired) electrons. The van der Waals surface area contributed by atoms with Gasteiger partial charge in [0.05, 0.1) is 0 Å². The first-order valence-electron chi connectivity index (χ1n) is 8.53. The number of ether oxygens (including phenoxy) is 1. The highest BCUT2D eigenvalue weighted by Crippen LogP contribution is 2.27. The normalized spacial score (nSPS) is 14.4. The molecule has 0 saturated heterocycles. The molecule has 24 heavy (non-hydrogen) atoms. The Balaban J connectivity index is 1.68. The van der Waals surface area contributed by atoms with Crippen LogP contribution in [0.15, 0.2) is 42.5 Å². The average molecular weight is 324 g/mol. The van der Waals surface area contributed by atoms with Gasteiger partial charge in [0.2, 0.25) is 0 Å². The van der Waals surface area contributed by atoms with Crippen molar-refractivity contribution in [3.63, 3.8) is 0 Å². The van der Waals surface area contributed by atoms with Crippen LogP contribution in [0, 0.1) is 6.92 Å². The van der Waals surface area contributed by atoms with Gasteiger partial charge in [0.25, 0.3) is 5.91 Å². The van der Waals surface area contributed by atoms with E-state index in [0.29, 0.717) is 17.4 Å². The number of carbonyl (C=O) groups is 1. The summed E-state index contributed by atoms with van der Waals surface area (Å²) in [6.07, 6.45) is 5.15. The SMILES string of the molecule is CNC(=O)c1cc(Oc2ccc(NC3CCCC3)cc2)ccc1C. The minimum absolute atomic E-state index is 0.103. The lowest BCUT2D eigenvalue weighted by Gasteiger charge is -2.14. The summed E-state index contributed by atoms with van der Waals surface area (Å²) < 4.78 is 5.89. The van der Waals surface area contributed by atoms with Crippen LogP contribution in [0.3, 0.4) is 0 Å². The fourth-order valence-corrected chi connectivity index (χ4v) is 3.11. The Hall–Kier alpha value is -2.49. The van der Waals surface area contributed by atoms with Crippen LogP contribution < -0.4 is 15.4 Å². The monoisotopic (exact) mass is 324 g/mol. The van der Waals surface area contributed by atoms with E-state index >= 15 is 0 Å². The van der Waals surface area contributed by atoms with Gasteiger partial charge in [-0.2, -0.15) is 0 Å². The van der Waals surface area contributed by atoms with Crippen LogP contribution >= 0.6 is 0 Å². The molecular formula is C20H24N2O2. The second-order valence-corrected chi connectivity index (χ2v) is 6.31. The lowest BCUT2D eigenvalue weighted by Crippen LogP contribution is -2.18. The van der Waals surface area contributed by atoms with Gasteiger partial charge in [0.1, 0.15) is 11.5 Å². The number of rotatable bonds is 5. The lowest BCUT2D eigenvalue weighted by molar-refractivity contribution is 0.0962. The molecular weight excluding hydrogens is 300 g/mol. The highest BCUT2D eigenvalue weighted by atomic mass is 16.5. The van der Waals surface area contributed by atoms with Gasteiger partial charge in [-0.05, 0) is 61.7 Å². The van der Waals surface area contributed by atoms with Crippen LogP contribution in [0.4, 0.5) is 5.69 Å². The number of amides is 1. The third-order valence-corrected chi connectivity index (χ3v) is 4.50. The lowest BCUT2D eigenvalue weighted by atomic mass is 10.1. The maximum absolute atomic E-state index is 11.9. The number of anilines is 1. The van der Waals surface area contributed by atoms with Crippen molar-refractivity contribution < 1.29 is 9.53 Å². The summed E-state index contributed by atoms with van der Waals surface area (Å²) in [5, 5.41) is 6.21. The van der Waals surface area contributed by atoms with Crippen molar-refractivity contribution in [3.05, 3.63) is 53.6 Å². The van der Waals surface area contributed by atoms with E-state index < -0.39 is 0 Å². The first kappa shape index (κ1) is 16.4. The molecule has 4 nitrogen and oxygen atoms in total. The highest BCUT2D eigenvalue weighted by molar-refractivity contribution is 5.95. The molecule has 1 aliphatic rings. The maximum atomic E-state index is 11.9. The number of nitrogens with one attached hydrogen (secondary N) is 2. The van der Waals surface area contributed by atoms with Crippen LogP contribution in [0.2, 0.25) is 0 Å². The Morgan fingerprint density at radius 1 is 1.04 bits per heavy atom. The smallest absolute Gasteiger partial charge is 0.251 e. The molecule has 0 aliphatic heterocycles. The van der Waals surface area contributed by atoms with Crippen LogP contribution in [-0.2, 0) is 0 Å². The molecule has 0 heterocycles. The number of aryl methyl sites for hydroxylation is 1. The minimum atomic E-state index is -0.103.